The van der Waals surface area contributed by atoms with Crippen LogP contribution in [0.4, 0.5) is 29.3 Å². The fourth-order valence-electron chi connectivity index (χ4n) is 4.23. The van der Waals surface area contributed by atoms with Gasteiger partial charge in [0.25, 0.3) is 15.9 Å². The lowest BCUT2D eigenvalue weighted by atomic mass is 10.0. The average Bonchev–Trinajstić information content (AvgIpc) is 3.29. The Morgan fingerprint density at radius 1 is 1.27 bits per heavy atom. The van der Waals surface area contributed by atoms with Crippen molar-refractivity contribution in [3.05, 3.63) is 24.4 Å². The monoisotopic (exact) mass is 607 g/mol. The van der Waals surface area contributed by atoms with Crippen molar-refractivity contribution < 1.29 is 50.9 Å². The zero-order chi connectivity index (χ0) is 30.9. The van der Waals surface area contributed by atoms with Gasteiger partial charge in [-0.25, -0.2) is 13.2 Å². The number of ether oxygens (including phenoxy) is 2. The highest BCUT2D eigenvalue weighted by atomic mass is 32.2. The Labute approximate surface area is 234 Å². The summed E-state index contributed by atoms with van der Waals surface area (Å²) in [6.45, 7) is 5.23. The topological polar surface area (TPSA) is 164 Å². The number of anilines is 2. The van der Waals surface area contributed by atoms with E-state index in [0.717, 1.165) is 16.4 Å². The van der Waals surface area contributed by atoms with E-state index in [9.17, 15) is 41.4 Å². The fourth-order valence-corrected chi connectivity index (χ4v) is 5.99. The zero-order valence-corrected chi connectivity index (χ0v) is 23.8. The van der Waals surface area contributed by atoms with Gasteiger partial charge in [0.2, 0.25) is 5.91 Å². The lowest BCUT2D eigenvalue weighted by Crippen LogP contribution is -2.57. The average molecular weight is 608 g/mol. The molecule has 0 saturated carbocycles. The Bertz CT molecular complexity index is 1400. The second-order valence-corrected chi connectivity index (χ2v) is 11.5. The summed E-state index contributed by atoms with van der Waals surface area (Å²) in [5.74, 6) is -0.811. The molecular formula is C24H32F3N5O8S. The number of nitrogens with one attached hydrogen (secondary N) is 1. The third-order valence-corrected chi connectivity index (χ3v) is 8.39. The third-order valence-electron chi connectivity index (χ3n) is 6.51. The van der Waals surface area contributed by atoms with Crippen LogP contribution in [0, 0.1) is 0 Å². The molecule has 0 fully saturated rings. The van der Waals surface area contributed by atoms with Crippen LogP contribution in [0.15, 0.2) is 29.3 Å². The highest BCUT2D eigenvalue weighted by molar-refractivity contribution is 7.93. The summed E-state index contributed by atoms with van der Waals surface area (Å²) in [6, 6.07) is 2.17. The first-order valence-corrected chi connectivity index (χ1v) is 13.9. The van der Waals surface area contributed by atoms with Crippen LogP contribution < -0.4 is 24.0 Å². The van der Waals surface area contributed by atoms with Gasteiger partial charge in [-0.15, -0.1) is 5.10 Å². The summed E-state index contributed by atoms with van der Waals surface area (Å²) in [4.78, 5) is 23.4. The molecule has 2 amide bonds. The Morgan fingerprint density at radius 2 is 1.93 bits per heavy atom. The molecule has 13 nitrogen and oxygen atoms in total. The zero-order valence-electron chi connectivity index (χ0n) is 23.0. The second-order valence-electron chi connectivity index (χ2n) is 9.69. The van der Waals surface area contributed by atoms with Gasteiger partial charge < -0.3 is 25.0 Å². The summed E-state index contributed by atoms with van der Waals surface area (Å²) in [7, 11) is -4.61. The largest absolute Gasteiger partial charge is 0.484 e. The van der Waals surface area contributed by atoms with Crippen LogP contribution >= 0.6 is 0 Å². The second kappa shape index (κ2) is 11.6. The summed E-state index contributed by atoms with van der Waals surface area (Å²) < 4.78 is 83.5. The van der Waals surface area contributed by atoms with Crippen molar-refractivity contribution >= 4 is 33.4 Å². The number of carboxylic acid groups (broad SMARTS) is 1. The predicted molar refractivity (Wildman–Crippen MR) is 140 cm³/mol. The number of rotatable bonds is 10. The molecule has 0 aliphatic carbocycles. The Morgan fingerprint density at radius 3 is 2.46 bits per heavy atom. The van der Waals surface area contributed by atoms with Gasteiger partial charge in [-0.05, 0) is 45.9 Å². The molecule has 1 aromatic carbocycles. The van der Waals surface area contributed by atoms with E-state index in [0.29, 0.717) is 13.8 Å². The van der Waals surface area contributed by atoms with Crippen LogP contribution in [0.5, 0.6) is 11.6 Å². The van der Waals surface area contributed by atoms with Crippen molar-refractivity contribution in [2.75, 3.05) is 29.0 Å². The first-order chi connectivity index (χ1) is 19.0. The molecule has 228 valence electrons. The van der Waals surface area contributed by atoms with Crippen LogP contribution in [-0.4, -0.2) is 84.0 Å². The molecule has 0 unspecified atom stereocenters. The molecule has 3 N–H and O–H groups in total. The molecule has 2 atom stereocenters. The maximum absolute atomic E-state index is 14.2. The van der Waals surface area contributed by atoms with Crippen molar-refractivity contribution in [2.24, 2.45) is 0 Å². The minimum absolute atomic E-state index is 0.0818. The number of aromatic nitrogens is 2. The van der Waals surface area contributed by atoms with E-state index in [4.69, 9.17) is 9.47 Å². The Hall–Kier alpha value is -3.73. The van der Waals surface area contributed by atoms with Gasteiger partial charge in [0.15, 0.2) is 4.90 Å². The minimum Gasteiger partial charge on any atom is -0.484 e. The lowest BCUT2D eigenvalue weighted by Gasteiger charge is -2.42. The molecule has 17 heteroatoms. The van der Waals surface area contributed by atoms with Crippen LogP contribution in [0.3, 0.4) is 0 Å². The smallest absolute Gasteiger partial charge is 0.412 e. The first kappa shape index (κ1) is 31.8. The Balaban J connectivity index is 2.26. The number of hydrogen-bond acceptors (Lipinski definition) is 8. The van der Waals surface area contributed by atoms with Gasteiger partial charge in [0.1, 0.15) is 24.0 Å². The van der Waals surface area contributed by atoms with Crippen LogP contribution in [-0.2, 0) is 21.4 Å². The SMILES string of the molecule is CCn1cc(S(=O)(=O)N2c3cc(N(C(=O)O)C(C)(C)C(F)(F)F)ccc3O[C@@H](CNC(C)=O)[C@H]2C)c(OCCO)n1. The van der Waals surface area contributed by atoms with Crippen LogP contribution in [0.2, 0.25) is 0 Å². The summed E-state index contributed by atoms with van der Waals surface area (Å²) >= 11 is 0. The molecular weight excluding hydrogens is 575 g/mol. The van der Waals surface area contributed by atoms with Crippen molar-refractivity contribution in [2.45, 2.75) is 69.9 Å². The molecule has 3 rings (SSSR count). The number of alkyl halides is 3. The molecule has 41 heavy (non-hydrogen) atoms. The third kappa shape index (κ3) is 6.14. The van der Waals surface area contributed by atoms with Crippen molar-refractivity contribution in [3.63, 3.8) is 0 Å². The predicted octanol–water partition coefficient (Wildman–Crippen LogP) is 2.58. The van der Waals surface area contributed by atoms with Gasteiger partial charge in [-0.1, -0.05) is 0 Å². The summed E-state index contributed by atoms with van der Waals surface area (Å²) in [5.41, 5.74) is -3.59. The number of carbonyl (C=O) groups excluding carboxylic acids is 1. The van der Waals surface area contributed by atoms with Crippen LogP contribution in [0.25, 0.3) is 0 Å². The molecule has 1 aromatic heterocycles. The molecule has 1 aliphatic rings. The maximum Gasteiger partial charge on any atom is 0.412 e. The quantitative estimate of drug-likeness (QED) is 0.368. The van der Waals surface area contributed by atoms with Gasteiger partial charge in [-0.3, -0.25) is 18.7 Å². The van der Waals surface area contributed by atoms with Crippen molar-refractivity contribution in [3.8, 4) is 11.6 Å². The molecule has 0 saturated heterocycles. The number of aliphatic hydroxyl groups excluding tert-OH is 1. The van der Waals surface area contributed by atoms with Crippen LogP contribution in [0.1, 0.15) is 34.6 Å². The van der Waals surface area contributed by atoms with E-state index in [2.05, 4.69) is 10.4 Å². The minimum atomic E-state index is -4.98. The number of sulfonamides is 1. The van der Waals surface area contributed by atoms with E-state index >= 15 is 0 Å². The number of hydrogen-bond donors (Lipinski definition) is 3. The van der Waals surface area contributed by atoms with Crippen molar-refractivity contribution in [1.82, 2.24) is 15.1 Å². The fraction of sp³-hybridized carbons (Fsp3) is 0.542. The standard InChI is InChI=1S/C24H32F3N5O8S/c1-6-30-13-20(21(29-30)39-10-9-33)41(37,38)32-14(2)19(12-28-15(3)34)40-18-8-7-16(11-17(18)32)31(22(35)36)23(4,5)24(25,26)27/h7-8,11,13-14,19,33H,6,9-10,12H2,1-5H3,(H,28,34)(H,35,36)/t14-,19+/m1/s1. The number of benzene rings is 1. The molecule has 2 aromatic rings. The van der Waals surface area contributed by atoms with Gasteiger partial charge in [-0.2, -0.15) is 13.2 Å². The highest BCUT2D eigenvalue weighted by Gasteiger charge is 2.54. The highest BCUT2D eigenvalue weighted by Crippen LogP contribution is 2.45. The first-order valence-electron chi connectivity index (χ1n) is 12.5. The number of fused-ring (bicyclic) bond motifs is 1. The number of halogens is 3. The van der Waals surface area contributed by atoms with Gasteiger partial charge in [0, 0.05) is 19.7 Å². The molecule has 0 spiro atoms. The van der Waals surface area contributed by atoms with Gasteiger partial charge >= 0.3 is 12.3 Å². The van der Waals surface area contributed by atoms with Gasteiger partial charge in [0.05, 0.1) is 30.6 Å². The molecule has 0 bridgehead atoms. The number of amides is 2. The van der Waals surface area contributed by atoms with E-state index in [1.165, 1.54) is 30.8 Å². The van der Waals surface area contributed by atoms with E-state index < -0.39 is 63.1 Å². The van der Waals surface area contributed by atoms with E-state index in [1.807, 2.05) is 0 Å². The van der Waals surface area contributed by atoms with E-state index in [-0.39, 0.29) is 41.9 Å². The molecule has 0 radical (unpaired) electrons. The number of aliphatic hydroxyl groups is 1. The normalized spacial score (nSPS) is 17.4. The lowest BCUT2D eigenvalue weighted by molar-refractivity contribution is -0.175. The number of aryl methyl sites for hydroxylation is 1. The summed E-state index contributed by atoms with van der Waals surface area (Å²) in [5, 5.41) is 25.6. The maximum atomic E-state index is 14.2. The Kier molecular flexibility index (Phi) is 9.02. The van der Waals surface area contributed by atoms with Crippen molar-refractivity contribution in [1.29, 1.82) is 0 Å². The summed E-state index contributed by atoms with van der Waals surface area (Å²) in [6.07, 6.45) is -6.64. The van der Waals surface area contributed by atoms with E-state index in [1.54, 1.807) is 6.92 Å². The number of nitrogens with zero attached hydrogens (tertiary/aromatic N) is 4. The molecule has 1 aliphatic heterocycles. The molecule has 2 heterocycles. The number of carbonyl (C=O) groups is 2.